The molecule has 4 aliphatic heterocycles. The van der Waals surface area contributed by atoms with Crippen molar-refractivity contribution in [3.63, 3.8) is 0 Å². The molecule has 0 amide bonds. The van der Waals surface area contributed by atoms with Crippen LogP contribution in [0.5, 0.6) is 0 Å². The summed E-state index contributed by atoms with van der Waals surface area (Å²) in [6.45, 7) is 6.64. The number of rotatable bonds is 2. The molecule has 17 rings (SSSR count). The molecule has 0 atom stereocenters. The van der Waals surface area contributed by atoms with Gasteiger partial charge >= 0.3 is 0 Å². The lowest BCUT2D eigenvalue weighted by molar-refractivity contribution is 0.767. The van der Waals surface area contributed by atoms with Gasteiger partial charge in [0.2, 0.25) is 0 Å². The number of hydrogen-bond donors (Lipinski definition) is 0. The van der Waals surface area contributed by atoms with Gasteiger partial charge in [0.1, 0.15) is 0 Å². The van der Waals surface area contributed by atoms with Gasteiger partial charge in [-0.15, -0.1) is 0 Å². The Morgan fingerprint density at radius 3 is 1.19 bits per heavy atom. The average Bonchev–Trinajstić information content (AvgIpc) is 3.70. The van der Waals surface area contributed by atoms with E-state index in [9.17, 15) is 0 Å². The Hall–Kier alpha value is -8.74. The summed E-state index contributed by atoms with van der Waals surface area (Å²) in [6, 6.07) is 66.0. The molecule has 10 heterocycles. The van der Waals surface area contributed by atoms with Gasteiger partial charge in [0.05, 0.1) is 50.3 Å². The Balaban J connectivity index is 1.10. The molecule has 0 fully saturated rings. The fourth-order valence-corrected chi connectivity index (χ4v) is 11.4. The molecule has 0 unspecified atom stereocenters. The van der Waals surface area contributed by atoms with Gasteiger partial charge in [-0.3, -0.25) is 9.97 Å². The van der Waals surface area contributed by atoms with Crippen LogP contribution in [0, 0.1) is 13.8 Å². The Bertz CT molecular complexity index is 3860. The van der Waals surface area contributed by atoms with E-state index in [1.165, 1.54) is 22.3 Å². The van der Waals surface area contributed by atoms with E-state index in [0.29, 0.717) is 0 Å². The van der Waals surface area contributed by atoms with Gasteiger partial charge in [-0.25, -0.2) is 19.9 Å². The van der Waals surface area contributed by atoms with Crippen molar-refractivity contribution >= 4 is 43.6 Å². The van der Waals surface area contributed by atoms with Crippen molar-refractivity contribution < 1.29 is 0 Å². The molecule has 6 heteroatoms. The van der Waals surface area contributed by atoms with Crippen molar-refractivity contribution in [2.75, 3.05) is 0 Å². The molecular formula is C63H42N6. The Kier molecular flexibility index (Phi) is 8.50. The lowest BCUT2D eigenvalue weighted by atomic mass is 9.66. The van der Waals surface area contributed by atoms with E-state index in [0.717, 1.165) is 122 Å². The summed E-state index contributed by atoms with van der Waals surface area (Å²) < 4.78 is 0. The highest BCUT2D eigenvalue weighted by molar-refractivity contribution is 6.05. The van der Waals surface area contributed by atoms with Crippen molar-refractivity contribution in [2.24, 2.45) is 0 Å². The summed E-state index contributed by atoms with van der Waals surface area (Å²) >= 11 is 0. The van der Waals surface area contributed by atoms with Crippen molar-refractivity contribution in [3.05, 3.63) is 239 Å². The zero-order valence-electron chi connectivity index (χ0n) is 38.2. The summed E-state index contributed by atoms with van der Waals surface area (Å²) in [5.41, 5.74) is 22.0. The summed E-state index contributed by atoms with van der Waals surface area (Å²) in [7, 11) is 0. The first kappa shape index (κ1) is 39.4. The molecule has 6 aromatic carbocycles. The predicted octanol–water partition coefficient (Wildman–Crippen LogP) is 14.8. The highest BCUT2D eigenvalue weighted by Gasteiger charge is 2.47. The van der Waals surface area contributed by atoms with Crippen LogP contribution in [-0.4, -0.2) is 29.9 Å². The van der Waals surface area contributed by atoms with Crippen LogP contribution in [0.3, 0.4) is 0 Å². The zero-order valence-corrected chi connectivity index (χ0v) is 38.2. The molecule has 12 bridgehead atoms. The Morgan fingerprint density at radius 2 is 0.768 bits per heavy atom. The summed E-state index contributed by atoms with van der Waals surface area (Å²) in [5.74, 6) is -0.0728. The number of nitrogens with zero attached hydrogens (tertiary/aromatic N) is 6. The van der Waals surface area contributed by atoms with Gasteiger partial charge in [0, 0.05) is 73.5 Å². The quantitative estimate of drug-likeness (QED) is 0.161. The average molecular weight is 883 g/mol. The van der Waals surface area contributed by atoms with E-state index in [1.54, 1.807) is 0 Å². The van der Waals surface area contributed by atoms with Crippen molar-refractivity contribution in [2.45, 2.75) is 32.1 Å². The minimum absolute atomic E-state index is 0.0728. The number of pyridine rings is 6. The topological polar surface area (TPSA) is 77.3 Å². The molecule has 1 aliphatic carbocycles. The van der Waals surface area contributed by atoms with Crippen molar-refractivity contribution in [1.82, 2.24) is 29.9 Å². The van der Waals surface area contributed by atoms with Gasteiger partial charge < -0.3 is 0 Å². The third-order valence-electron chi connectivity index (χ3n) is 14.9. The normalized spacial score (nSPS) is 13.5. The van der Waals surface area contributed by atoms with Gasteiger partial charge in [-0.05, 0) is 119 Å². The van der Waals surface area contributed by atoms with E-state index < -0.39 is 5.41 Å². The van der Waals surface area contributed by atoms with Crippen LogP contribution in [0.4, 0.5) is 0 Å². The van der Waals surface area contributed by atoms with E-state index >= 15 is 0 Å². The van der Waals surface area contributed by atoms with Crippen molar-refractivity contribution in [1.29, 1.82) is 0 Å². The Labute approximate surface area is 399 Å². The van der Waals surface area contributed by atoms with Crippen LogP contribution in [0.1, 0.15) is 57.6 Å². The monoisotopic (exact) mass is 882 g/mol. The highest BCUT2D eigenvalue weighted by atomic mass is 14.8. The molecular weight excluding hydrogens is 841 g/mol. The first-order valence-corrected chi connectivity index (χ1v) is 23.7. The number of fused-ring (bicyclic) bond motifs is 3. The molecule has 6 aromatic heterocycles. The summed E-state index contributed by atoms with van der Waals surface area (Å²) in [5, 5.41) is 4.20. The van der Waals surface area contributed by atoms with E-state index in [4.69, 9.17) is 29.9 Å². The van der Waals surface area contributed by atoms with Crippen LogP contribution >= 0.6 is 0 Å². The second kappa shape index (κ2) is 14.9. The maximum absolute atomic E-state index is 5.46. The van der Waals surface area contributed by atoms with E-state index in [2.05, 4.69) is 191 Å². The Morgan fingerprint density at radius 1 is 0.362 bits per heavy atom. The zero-order chi connectivity index (χ0) is 46.0. The van der Waals surface area contributed by atoms with Crippen LogP contribution in [0.2, 0.25) is 0 Å². The lowest BCUT2D eigenvalue weighted by Crippen LogP contribution is -2.29. The van der Waals surface area contributed by atoms with Crippen LogP contribution in [0.15, 0.2) is 194 Å². The molecule has 0 N–H and O–H groups in total. The minimum atomic E-state index is -0.749. The number of benzene rings is 6. The predicted molar refractivity (Wildman–Crippen MR) is 279 cm³/mol. The van der Waals surface area contributed by atoms with Crippen LogP contribution < -0.4 is 0 Å². The third-order valence-corrected chi connectivity index (χ3v) is 14.9. The van der Waals surface area contributed by atoms with E-state index in [1.807, 2.05) is 24.5 Å². The van der Waals surface area contributed by atoms with Crippen LogP contribution in [-0.2, 0) is 5.41 Å². The standard InChI is InChI=1S/C63H42N6/c1-36-32-45-20-24-47(36)57-28-18-41-12-10-39-16-26-53(66-59(39)61(41)68-57)38(3)54-27-17-40-11-13-42-19-29-58(69-62(42)60(40)67-54)48-25-21-46(33-37(48)2)63(45)51-34-43(55-8-4-6-30-64-55)14-22-49(51)50-23-15-44(35-52(50)63)56-9-5-7-31-65-56/h4-35,38H,1-3H3. The second-order valence-electron chi connectivity index (χ2n) is 18.8. The fraction of sp³-hybridized carbons (Fsp3) is 0.0794. The van der Waals surface area contributed by atoms with Gasteiger partial charge in [0.15, 0.2) is 0 Å². The first-order chi connectivity index (χ1) is 33.9. The SMILES string of the molecule is Cc1cc2ccc1-c1ccc3ccc4ccc(nc4c3n1)C(C)c1ccc3ccc4ccc(nc4c3n1)-c1ccc(cc1C)C21c2cc(-c3ccccn3)ccc2-c2ccc(-c3ccccn3)cc21. The molecule has 69 heavy (non-hydrogen) atoms. The maximum atomic E-state index is 5.46. The first-order valence-electron chi connectivity index (χ1n) is 23.7. The summed E-state index contributed by atoms with van der Waals surface area (Å²) in [4.78, 5) is 31.4. The number of aromatic nitrogens is 6. The van der Waals surface area contributed by atoms with Gasteiger partial charge in [-0.2, -0.15) is 0 Å². The second-order valence-corrected chi connectivity index (χ2v) is 18.8. The van der Waals surface area contributed by atoms with Crippen LogP contribution in [0.25, 0.3) is 99.8 Å². The highest BCUT2D eigenvalue weighted by Crippen LogP contribution is 2.58. The van der Waals surface area contributed by atoms with Gasteiger partial charge in [0.25, 0.3) is 0 Å². The number of aryl methyl sites for hydroxylation is 2. The molecule has 0 radical (unpaired) electrons. The molecule has 0 saturated carbocycles. The van der Waals surface area contributed by atoms with E-state index in [-0.39, 0.29) is 5.92 Å². The molecule has 12 aromatic rings. The minimum Gasteiger partial charge on any atom is -0.256 e. The van der Waals surface area contributed by atoms with Gasteiger partial charge in [-0.1, -0.05) is 128 Å². The lowest BCUT2D eigenvalue weighted by Gasteiger charge is -2.35. The summed E-state index contributed by atoms with van der Waals surface area (Å²) in [6.07, 6.45) is 3.75. The maximum Gasteiger partial charge on any atom is 0.0972 e. The molecule has 1 spiro atoms. The molecule has 0 saturated heterocycles. The molecule has 6 nitrogen and oxygen atoms in total. The van der Waals surface area contributed by atoms with Crippen molar-refractivity contribution in [3.8, 4) is 56.2 Å². The number of hydrogen-bond acceptors (Lipinski definition) is 6. The molecule has 5 aliphatic rings. The molecule has 324 valence electrons. The fourth-order valence-electron chi connectivity index (χ4n) is 11.4. The third kappa shape index (κ3) is 5.91. The largest absolute Gasteiger partial charge is 0.256 e. The smallest absolute Gasteiger partial charge is 0.0972 e.